The fraction of sp³-hybridized carbons (Fsp3) is 0.633. The molecule has 1 aromatic carbocycles. The average Bonchev–Trinajstić information content (AvgIpc) is 3.89. The molecule has 0 bridgehead atoms. The molecule has 2 saturated carbocycles. The van der Waals surface area contributed by atoms with E-state index in [-0.39, 0.29) is 38.1 Å². The van der Waals surface area contributed by atoms with Crippen molar-refractivity contribution in [1.82, 2.24) is 19.6 Å². The number of ether oxygens (including phenoxy) is 1. The van der Waals surface area contributed by atoms with Crippen molar-refractivity contribution in [2.45, 2.75) is 100.0 Å². The second-order valence-corrected chi connectivity index (χ2v) is 14.8. The van der Waals surface area contributed by atoms with Crippen molar-refractivity contribution in [2.24, 2.45) is 17.1 Å². The van der Waals surface area contributed by atoms with Crippen LogP contribution in [0.2, 0.25) is 0 Å². The molecule has 238 valence electrons. The van der Waals surface area contributed by atoms with Crippen LogP contribution in [0.25, 0.3) is 11.0 Å². The Kier molecular flexibility index (Phi) is 8.10. The summed E-state index contributed by atoms with van der Waals surface area (Å²) in [7, 11) is -3.96. The Morgan fingerprint density at radius 2 is 1.82 bits per heavy atom. The number of nitrogens with zero attached hydrogens (tertiary/aromatic N) is 3. The summed E-state index contributed by atoms with van der Waals surface area (Å²) in [5, 5.41) is -0.694. The van der Waals surface area contributed by atoms with Gasteiger partial charge in [-0.25, -0.2) is 27.2 Å². The molecule has 4 fully saturated rings. The van der Waals surface area contributed by atoms with Gasteiger partial charge in [0.1, 0.15) is 6.10 Å². The van der Waals surface area contributed by atoms with Crippen molar-refractivity contribution in [2.75, 3.05) is 6.54 Å². The minimum absolute atomic E-state index is 0.0346. The zero-order valence-corrected chi connectivity index (χ0v) is 25.1. The summed E-state index contributed by atoms with van der Waals surface area (Å²) in [4.78, 5) is 51.1. The maximum atomic E-state index is 15.0. The Morgan fingerprint density at radius 1 is 1.07 bits per heavy atom. The van der Waals surface area contributed by atoms with Crippen LogP contribution in [0, 0.1) is 11.3 Å². The lowest BCUT2D eigenvalue weighted by atomic mass is 9.89. The Morgan fingerprint density at radius 3 is 2.57 bits per heavy atom. The smallest absolute Gasteiger partial charge is 0.248 e. The van der Waals surface area contributed by atoms with E-state index in [1.165, 1.54) is 11.1 Å². The van der Waals surface area contributed by atoms with Crippen LogP contribution in [0.4, 0.5) is 8.78 Å². The molecule has 0 radical (unpaired) electrons. The summed E-state index contributed by atoms with van der Waals surface area (Å²) in [6.07, 6.45) is 1.61. The van der Waals surface area contributed by atoms with E-state index in [0.717, 1.165) is 0 Å². The van der Waals surface area contributed by atoms with E-state index in [4.69, 9.17) is 10.5 Å². The predicted molar refractivity (Wildman–Crippen MR) is 155 cm³/mol. The molecule has 14 heteroatoms. The number of carbonyl (C=O) groups excluding carboxylic acids is 3. The quantitative estimate of drug-likeness (QED) is 0.504. The van der Waals surface area contributed by atoms with E-state index in [0.29, 0.717) is 36.7 Å². The predicted octanol–water partition coefficient (Wildman–Crippen LogP) is 2.87. The highest BCUT2D eigenvalue weighted by Gasteiger charge is 2.64. The van der Waals surface area contributed by atoms with Gasteiger partial charge in [0.2, 0.25) is 33.6 Å². The molecule has 3 N–H and O–H groups in total. The number of alkyl halides is 2. The van der Waals surface area contributed by atoms with Crippen LogP contribution in [-0.4, -0.2) is 76.8 Å². The van der Waals surface area contributed by atoms with Gasteiger partial charge in [0.15, 0.2) is 5.78 Å². The summed E-state index contributed by atoms with van der Waals surface area (Å²) in [6.45, 7) is 0.0359. The average molecular weight is 634 g/mol. The van der Waals surface area contributed by atoms with Gasteiger partial charge in [-0.2, -0.15) is 0 Å². The number of Topliss-reactive ketones (excluding diaryl/α,β-unsaturated/α-hetero) is 1. The molecule has 0 spiro atoms. The first-order chi connectivity index (χ1) is 20.9. The Labute approximate surface area is 254 Å². The van der Waals surface area contributed by atoms with E-state index in [9.17, 15) is 31.6 Å². The number of para-hydroxylation sites is 2. The Hall–Kier alpha value is -3.26. The molecule has 4 aliphatic rings. The van der Waals surface area contributed by atoms with Crippen molar-refractivity contribution in [3.05, 3.63) is 30.5 Å². The second kappa shape index (κ2) is 11.6. The van der Waals surface area contributed by atoms with Gasteiger partial charge in [0, 0.05) is 25.7 Å². The summed E-state index contributed by atoms with van der Waals surface area (Å²) in [5.41, 5.74) is 5.93. The number of hydrogen-bond acceptors (Lipinski definition) is 9. The van der Waals surface area contributed by atoms with Gasteiger partial charge in [-0.1, -0.05) is 25.0 Å². The molecular weight excluding hydrogens is 596 g/mol. The lowest BCUT2D eigenvalue weighted by Gasteiger charge is -2.27. The molecule has 1 aromatic heterocycles. The lowest BCUT2D eigenvalue weighted by Crippen LogP contribution is -2.49. The zero-order valence-electron chi connectivity index (χ0n) is 24.3. The van der Waals surface area contributed by atoms with Crippen molar-refractivity contribution < 1.29 is 36.3 Å². The van der Waals surface area contributed by atoms with E-state index < -0.39 is 87.6 Å². The van der Waals surface area contributed by atoms with Crippen LogP contribution in [0.5, 0.6) is 5.88 Å². The molecular formula is C30H37F2N5O6S. The van der Waals surface area contributed by atoms with Gasteiger partial charge in [-0.15, -0.1) is 0 Å². The van der Waals surface area contributed by atoms with Crippen LogP contribution in [0.1, 0.15) is 70.6 Å². The molecule has 3 heterocycles. The molecule has 11 nitrogen and oxygen atoms in total. The van der Waals surface area contributed by atoms with E-state index in [1.807, 2.05) is 12.1 Å². The van der Waals surface area contributed by atoms with Crippen LogP contribution < -0.4 is 15.2 Å². The summed E-state index contributed by atoms with van der Waals surface area (Å²) >= 11 is 0. The molecule has 0 unspecified atom stereocenters. The molecule has 2 aromatic rings. The molecule has 5 atom stereocenters. The van der Waals surface area contributed by atoms with Gasteiger partial charge in [0.05, 0.1) is 46.5 Å². The standard InChI is InChI=1S/C30H37F2N5O6S/c31-30(32)11-5-1-2-6-21(33)27(39)37-17-19(43-26-16-34-22-7-3-4-8-23(22)35-26)12-24(37)25(38)15-29(13-18(29)14-30)28(40)36-44(41,42)20-9-10-20/h3-4,7-8,16,18-21,24H,1-2,5-6,9-15,17,33H2,(H,36,40)/t18-,19+,21-,24-,29+/m0/s1. The number of halogens is 2. The first kappa shape index (κ1) is 30.8. The minimum atomic E-state index is -3.96. The molecule has 44 heavy (non-hydrogen) atoms. The van der Waals surface area contributed by atoms with E-state index in [1.54, 1.807) is 12.1 Å². The topological polar surface area (TPSA) is 162 Å². The third-order valence-electron chi connectivity index (χ3n) is 9.42. The third kappa shape index (κ3) is 6.42. The summed E-state index contributed by atoms with van der Waals surface area (Å²) in [6, 6.07) is 5.27. The Balaban J connectivity index is 1.26. The highest BCUT2D eigenvalue weighted by molar-refractivity contribution is 7.90. The van der Waals surface area contributed by atoms with Gasteiger partial charge in [-0.05, 0) is 50.2 Å². The number of sulfonamides is 1. The second-order valence-electron chi connectivity index (χ2n) is 12.8. The number of carbonyl (C=O) groups is 3. The summed E-state index contributed by atoms with van der Waals surface area (Å²) in [5.74, 6) is -5.63. The van der Waals surface area contributed by atoms with Gasteiger partial charge in [0.25, 0.3) is 0 Å². The van der Waals surface area contributed by atoms with Crippen LogP contribution in [0.3, 0.4) is 0 Å². The monoisotopic (exact) mass is 633 g/mol. The number of amides is 2. The number of benzene rings is 1. The molecule has 6 rings (SSSR count). The van der Waals surface area contributed by atoms with Crippen LogP contribution >= 0.6 is 0 Å². The van der Waals surface area contributed by atoms with Gasteiger partial charge >= 0.3 is 0 Å². The van der Waals surface area contributed by atoms with Gasteiger partial charge < -0.3 is 15.4 Å². The number of rotatable bonds is 5. The third-order valence-corrected chi connectivity index (χ3v) is 11.2. The number of nitrogens with two attached hydrogens (primary N) is 1. The summed E-state index contributed by atoms with van der Waals surface area (Å²) < 4.78 is 63.4. The zero-order chi connectivity index (χ0) is 31.3. The number of ketones is 1. The number of fused-ring (bicyclic) bond motifs is 3. The Bertz CT molecular complexity index is 1570. The first-order valence-corrected chi connectivity index (χ1v) is 16.8. The van der Waals surface area contributed by atoms with Gasteiger partial charge in [-0.3, -0.25) is 19.1 Å². The molecule has 2 amide bonds. The largest absolute Gasteiger partial charge is 0.471 e. The molecule has 2 aliphatic heterocycles. The fourth-order valence-electron chi connectivity index (χ4n) is 6.67. The maximum absolute atomic E-state index is 15.0. The van der Waals surface area contributed by atoms with Crippen molar-refractivity contribution in [1.29, 1.82) is 0 Å². The van der Waals surface area contributed by atoms with Crippen molar-refractivity contribution in [3.8, 4) is 5.88 Å². The molecule has 2 aliphatic carbocycles. The fourth-order valence-corrected chi connectivity index (χ4v) is 8.05. The normalized spacial score (nSPS) is 31.4. The highest BCUT2D eigenvalue weighted by Crippen LogP contribution is 2.60. The van der Waals surface area contributed by atoms with Crippen molar-refractivity contribution in [3.63, 3.8) is 0 Å². The van der Waals surface area contributed by atoms with Crippen molar-refractivity contribution >= 4 is 38.7 Å². The number of hydrogen-bond donors (Lipinski definition) is 2. The number of nitrogens with one attached hydrogen (secondary N) is 1. The SMILES string of the molecule is N[C@H]1CCCCCC(F)(F)C[C@@H]2C[C@@]2(C(=O)NS(=O)(=O)C2CC2)CC(=O)[C@@H]2C[C@@H](Oc3cnc4ccccc4n3)CN2C1=O. The highest BCUT2D eigenvalue weighted by atomic mass is 32.2. The minimum Gasteiger partial charge on any atom is -0.471 e. The first-order valence-electron chi connectivity index (χ1n) is 15.3. The lowest BCUT2D eigenvalue weighted by molar-refractivity contribution is -0.140. The van der Waals surface area contributed by atoms with Crippen LogP contribution in [-0.2, 0) is 24.4 Å². The number of aromatic nitrogens is 2. The van der Waals surface area contributed by atoms with Crippen LogP contribution in [0.15, 0.2) is 30.5 Å². The van der Waals surface area contributed by atoms with E-state index in [2.05, 4.69) is 14.7 Å². The molecule has 2 saturated heterocycles. The maximum Gasteiger partial charge on any atom is 0.248 e. The van der Waals surface area contributed by atoms with E-state index >= 15 is 0 Å².